The number of hydrogen-bond donors (Lipinski definition) is 2. The first-order chi connectivity index (χ1) is 16.3. The normalized spacial score (nSPS) is 16.1. The van der Waals surface area contributed by atoms with Crippen LogP contribution in [0.3, 0.4) is 0 Å². The number of aryl methyl sites for hydroxylation is 1. The Balaban J connectivity index is 1.61. The molecule has 2 atom stereocenters. The summed E-state index contributed by atoms with van der Waals surface area (Å²) < 4.78 is 0. The van der Waals surface area contributed by atoms with Gasteiger partial charge in [0.2, 0.25) is 11.8 Å². The second-order valence-electron chi connectivity index (χ2n) is 9.56. The molecular formula is C28H37N3O3. The standard InChI is InChI=1S/C28H37N3O3/c1-20(2)21(3)29-28(34)26(30-27(33)24-12-8-5-9-13-24)23-16-18-31(19-17-23)25(32)15-14-22-10-6-4-7-11-22/h4-13,20-21,23,26H,14-19H2,1-3H3,(H,29,34)(H,30,33)/t21-,26-/m0/s1. The molecule has 1 saturated heterocycles. The van der Waals surface area contributed by atoms with Crippen molar-refractivity contribution in [2.75, 3.05) is 13.1 Å². The van der Waals surface area contributed by atoms with Crippen molar-refractivity contribution in [3.8, 4) is 0 Å². The fourth-order valence-electron chi connectivity index (χ4n) is 4.23. The number of rotatable bonds is 9. The first kappa shape index (κ1) is 25.5. The lowest BCUT2D eigenvalue weighted by Crippen LogP contribution is -2.55. The van der Waals surface area contributed by atoms with E-state index >= 15 is 0 Å². The minimum Gasteiger partial charge on any atom is -0.352 e. The molecule has 0 bridgehead atoms. The number of likely N-dealkylation sites (tertiary alicyclic amines) is 1. The minimum absolute atomic E-state index is 0.00304. The van der Waals surface area contributed by atoms with Gasteiger partial charge in [-0.1, -0.05) is 62.4 Å². The first-order valence-electron chi connectivity index (χ1n) is 12.3. The lowest BCUT2D eigenvalue weighted by atomic mass is 9.88. The predicted octanol–water partition coefficient (Wildman–Crippen LogP) is 3.82. The van der Waals surface area contributed by atoms with Crippen molar-refractivity contribution in [2.24, 2.45) is 11.8 Å². The van der Waals surface area contributed by atoms with Gasteiger partial charge in [0, 0.05) is 31.1 Å². The van der Waals surface area contributed by atoms with E-state index in [1.54, 1.807) is 12.1 Å². The third kappa shape index (κ3) is 7.17. The number of piperidine rings is 1. The van der Waals surface area contributed by atoms with Gasteiger partial charge in [0.05, 0.1) is 0 Å². The second kappa shape index (κ2) is 12.4. The van der Waals surface area contributed by atoms with E-state index in [1.165, 1.54) is 0 Å². The molecule has 1 aliphatic rings. The summed E-state index contributed by atoms with van der Waals surface area (Å²) in [4.78, 5) is 40.7. The fraction of sp³-hybridized carbons (Fsp3) is 0.464. The van der Waals surface area contributed by atoms with E-state index in [2.05, 4.69) is 24.5 Å². The highest BCUT2D eigenvalue weighted by Gasteiger charge is 2.34. The number of carbonyl (C=O) groups is 3. The van der Waals surface area contributed by atoms with Gasteiger partial charge >= 0.3 is 0 Å². The van der Waals surface area contributed by atoms with Gasteiger partial charge < -0.3 is 15.5 Å². The van der Waals surface area contributed by atoms with Crippen LogP contribution in [0, 0.1) is 11.8 Å². The number of amides is 3. The number of carbonyl (C=O) groups excluding carboxylic acids is 3. The number of hydrogen-bond acceptors (Lipinski definition) is 3. The van der Waals surface area contributed by atoms with Crippen molar-refractivity contribution in [2.45, 2.75) is 58.5 Å². The van der Waals surface area contributed by atoms with Gasteiger partial charge in [0.15, 0.2) is 0 Å². The third-order valence-electron chi connectivity index (χ3n) is 6.81. The Hall–Kier alpha value is -3.15. The summed E-state index contributed by atoms with van der Waals surface area (Å²) in [6.07, 6.45) is 2.57. The van der Waals surface area contributed by atoms with E-state index in [0.29, 0.717) is 43.8 Å². The quantitative estimate of drug-likeness (QED) is 0.594. The molecule has 0 spiro atoms. The molecule has 0 unspecified atom stereocenters. The summed E-state index contributed by atoms with van der Waals surface area (Å²) in [7, 11) is 0. The summed E-state index contributed by atoms with van der Waals surface area (Å²) in [5.41, 5.74) is 1.69. The van der Waals surface area contributed by atoms with Crippen LogP contribution in [0.2, 0.25) is 0 Å². The van der Waals surface area contributed by atoms with Crippen molar-refractivity contribution in [1.82, 2.24) is 15.5 Å². The topological polar surface area (TPSA) is 78.5 Å². The maximum Gasteiger partial charge on any atom is 0.251 e. The minimum atomic E-state index is -0.629. The van der Waals surface area contributed by atoms with Gasteiger partial charge in [-0.05, 0) is 55.7 Å². The van der Waals surface area contributed by atoms with Crippen LogP contribution >= 0.6 is 0 Å². The molecule has 182 valence electrons. The van der Waals surface area contributed by atoms with Crippen molar-refractivity contribution in [3.05, 3.63) is 71.8 Å². The van der Waals surface area contributed by atoms with Gasteiger partial charge in [0.1, 0.15) is 6.04 Å². The largest absolute Gasteiger partial charge is 0.352 e. The lowest BCUT2D eigenvalue weighted by Gasteiger charge is -2.36. The van der Waals surface area contributed by atoms with Crippen LogP contribution in [0.5, 0.6) is 0 Å². The average molecular weight is 464 g/mol. The zero-order valence-corrected chi connectivity index (χ0v) is 20.5. The predicted molar refractivity (Wildman–Crippen MR) is 134 cm³/mol. The average Bonchev–Trinajstić information content (AvgIpc) is 2.86. The van der Waals surface area contributed by atoms with E-state index in [1.807, 2.05) is 60.4 Å². The van der Waals surface area contributed by atoms with Gasteiger partial charge in [-0.2, -0.15) is 0 Å². The molecule has 3 amide bonds. The van der Waals surface area contributed by atoms with Gasteiger partial charge in [-0.3, -0.25) is 14.4 Å². The highest BCUT2D eigenvalue weighted by molar-refractivity contribution is 5.97. The molecule has 3 rings (SSSR count). The molecule has 0 radical (unpaired) electrons. The van der Waals surface area contributed by atoms with E-state index < -0.39 is 6.04 Å². The van der Waals surface area contributed by atoms with Crippen LogP contribution in [0.15, 0.2) is 60.7 Å². The highest BCUT2D eigenvalue weighted by Crippen LogP contribution is 2.23. The first-order valence-corrected chi connectivity index (χ1v) is 12.3. The fourth-order valence-corrected chi connectivity index (χ4v) is 4.23. The van der Waals surface area contributed by atoms with Crippen molar-refractivity contribution < 1.29 is 14.4 Å². The van der Waals surface area contributed by atoms with Crippen LogP contribution in [0.4, 0.5) is 0 Å². The molecule has 0 aromatic heterocycles. The Morgan fingerprint density at radius 2 is 1.47 bits per heavy atom. The molecule has 1 fully saturated rings. The molecule has 2 aromatic carbocycles. The monoisotopic (exact) mass is 463 g/mol. The zero-order chi connectivity index (χ0) is 24.5. The summed E-state index contributed by atoms with van der Waals surface area (Å²) >= 11 is 0. The molecule has 0 aliphatic carbocycles. The molecule has 6 nitrogen and oxygen atoms in total. The molecule has 1 aliphatic heterocycles. The van der Waals surface area contributed by atoms with E-state index in [9.17, 15) is 14.4 Å². The lowest BCUT2D eigenvalue weighted by molar-refractivity contribution is -0.133. The molecule has 2 aromatic rings. The maximum atomic E-state index is 13.2. The molecule has 0 saturated carbocycles. The van der Waals surface area contributed by atoms with E-state index in [-0.39, 0.29) is 29.7 Å². The summed E-state index contributed by atoms with van der Waals surface area (Å²) in [5.74, 6) is 0.00686. The number of nitrogens with one attached hydrogen (secondary N) is 2. The Bertz CT molecular complexity index is 938. The molecular weight excluding hydrogens is 426 g/mol. The van der Waals surface area contributed by atoms with Gasteiger partial charge in [0.25, 0.3) is 5.91 Å². The van der Waals surface area contributed by atoms with Crippen LogP contribution in [-0.2, 0) is 16.0 Å². The van der Waals surface area contributed by atoms with Crippen LogP contribution in [0.1, 0.15) is 56.0 Å². The van der Waals surface area contributed by atoms with Crippen molar-refractivity contribution in [1.29, 1.82) is 0 Å². The number of nitrogens with zero attached hydrogens (tertiary/aromatic N) is 1. The molecule has 34 heavy (non-hydrogen) atoms. The SMILES string of the molecule is CC(C)[C@H](C)NC(=O)[C@@H](NC(=O)c1ccccc1)C1CCN(C(=O)CCc2ccccc2)CC1. The summed E-state index contributed by atoms with van der Waals surface area (Å²) in [5, 5.41) is 6.06. The molecule has 1 heterocycles. The Kier molecular flexibility index (Phi) is 9.25. The summed E-state index contributed by atoms with van der Waals surface area (Å²) in [6.45, 7) is 7.29. The zero-order valence-electron chi connectivity index (χ0n) is 20.5. The van der Waals surface area contributed by atoms with Crippen LogP contribution < -0.4 is 10.6 Å². The van der Waals surface area contributed by atoms with Crippen molar-refractivity contribution >= 4 is 17.7 Å². The number of benzene rings is 2. The third-order valence-corrected chi connectivity index (χ3v) is 6.81. The maximum absolute atomic E-state index is 13.2. The van der Waals surface area contributed by atoms with Crippen molar-refractivity contribution in [3.63, 3.8) is 0 Å². The smallest absolute Gasteiger partial charge is 0.251 e. The molecule has 2 N–H and O–H groups in total. The Morgan fingerprint density at radius 1 is 0.882 bits per heavy atom. The summed E-state index contributed by atoms with van der Waals surface area (Å²) in [6, 6.07) is 18.4. The van der Waals surface area contributed by atoms with E-state index in [0.717, 1.165) is 12.0 Å². The molecule has 6 heteroatoms. The highest BCUT2D eigenvalue weighted by atomic mass is 16.2. The van der Waals surface area contributed by atoms with Crippen LogP contribution in [-0.4, -0.2) is 47.8 Å². The van der Waals surface area contributed by atoms with Crippen LogP contribution in [0.25, 0.3) is 0 Å². The van der Waals surface area contributed by atoms with Gasteiger partial charge in [-0.15, -0.1) is 0 Å². The Labute approximate surface area is 203 Å². The van der Waals surface area contributed by atoms with Gasteiger partial charge in [-0.25, -0.2) is 0 Å². The van der Waals surface area contributed by atoms with E-state index in [4.69, 9.17) is 0 Å². The Morgan fingerprint density at radius 3 is 2.06 bits per heavy atom. The second-order valence-corrected chi connectivity index (χ2v) is 9.56.